The van der Waals surface area contributed by atoms with Gasteiger partial charge in [-0.1, -0.05) is 48.5 Å². The molecule has 0 spiro atoms. The van der Waals surface area contributed by atoms with Gasteiger partial charge < -0.3 is 4.42 Å². The Kier molecular flexibility index (Phi) is 4.13. The Labute approximate surface area is 159 Å². The van der Waals surface area contributed by atoms with Gasteiger partial charge in [-0.05, 0) is 60.7 Å². The number of allylic oxidation sites excluding steroid dienone is 1. The number of para-hydroxylation sites is 1. The summed E-state index contributed by atoms with van der Waals surface area (Å²) in [5.41, 5.74) is 4.99. The van der Waals surface area contributed by atoms with Gasteiger partial charge in [-0.15, -0.1) is 0 Å². The van der Waals surface area contributed by atoms with Crippen LogP contribution in [0.5, 0.6) is 0 Å². The normalized spacial score (nSPS) is 23.3. The maximum atomic E-state index is 5.56. The van der Waals surface area contributed by atoms with Gasteiger partial charge in [0.25, 0.3) is 0 Å². The third-order valence-electron chi connectivity index (χ3n) is 5.52. The number of benzene rings is 2. The first-order chi connectivity index (χ1) is 13.4. The zero-order chi connectivity index (χ0) is 18.1. The molecule has 1 saturated carbocycles. The summed E-state index contributed by atoms with van der Waals surface area (Å²) in [6, 6.07) is 25.5. The lowest BCUT2D eigenvalue weighted by Crippen LogP contribution is -2.27. The van der Waals surface area contributed by atoms with Crippen LogP contribution in [-0.4, -0.2) is 5.71 Å². The molecule has 1 aliphatic carbocycles. The van der Waals surface area contributed by atoms with E-state index in [9.17, 15) is 0 Å². The Balaban J connectivity index is 1.60. The first kappa shape index (κ1) is 16.1. The highest BCUT2D eigenvalue weighted by molar-refractivity contribution is 6.08. The van der Waals surface area contributed by atoms with Crippen LogP contribution in [0.25, 0.3) is 6.08 Å². The van der Waals surface area contributed by atoms with E-state index in [1.54, 1.807) is 6.26 Å². The van der Waals surface area contributed by atoms with Gasteiger partial charge in [-0.2, -0.15) is 5.10 Å². The predicted molar refractivity (Wildman–Crippen MR) is 110 cm³/mol. The molecular formula is C24H22N2O. The van der Waals surface area contributed by atoms with Crippen molar-refractivity contribution in [1.82, 2.24) is 0 Å². The minimum atomic E-state index is 0.240. The molecule has 1 aliphatic heterocycles. The largest absolute Gasteiger partial charge is 0.465 e. The molecule has 0 unspecified atom stereocenters. The Hall–Kier alpha value is -3.07. The first-order valence-electron chi connectivity index (χ1n) is 9.62. The molecule has 2 heterocycles. The van der Waals surface area contributed by atoms with E-state index in [0.717, 1.165) is 24.3 Å². The molecule has 0 amide bonds. The Morgan fingerprint density at radius 1 is 0.926 bits per heavy atom. The summed E-state index contributed by atoms with van der Waals surface area (Å²) in [6.45, 7) is 0. The molecule has 3 aromatic rings. The first-order valence-corrected chi connectivity index (χ1v) is 9.62. The van der Waals surface area contributed by atoms with E-state index in [0.29, 0.717) is 5.92 Å². The lowest BCUT2D eigenvalue weighted by molar-refractivity contribution is 0.487. The number of anilines is 1. The van der Waals surface area contributed by atoms with Gasteiger partial charge >= 0.3 is 0 Å². The summed E-state index contributed by atoms with van der Waals surface area (Å²) in [5.74, 6) is 1.31. The van der Waals surface area contributed by atoms with E-state index in [4.69, 9.17) is 9.52 Å². The van der Waals surface area contributed by atoms with Gasteiger partial charge in [0.1, 0.15) is 5.76 Å². The minimum Gasteiger partial charge on any atom is -0.465 e. The maximum absolute atomic E-state index is 5.56. The van der Waals surface area contributed by atoms with E-state index in [1.807, 2.05) is 12.1 Å². The van der Waals surface area contributed by atoms with Gasteiger partial charge in [0.15, 0.2) is 0 Å². The van der Waals surface area contributed by atoms with Crippen molar-refractivity contribution in [3.63, 3.8) is 0 Å². The second-order valence-electron chi connectivity index (χ2n) is 7.20. The smallest absolute Gasteiger partial charge is 0.126 e. The van der Waals surface area contributed by atoms with E-state index < -0.39 is 0 Å². The average Bonchev–Trinajstić information content (AvgIpc) is 3.37. The van der Waals surface area contributed by atoms with Gasteiger partial charge in [-0.3, -0.25) is 5.01 Å². The second-order valence-corrected chi connectivity index (χ2v) is 7.20. The zero-order valence-corrected chi connectivity index (χ0v) is 15.2. The Morgan fingerprint density at radius 2 is 1.70 bits per heavy atom. The van der Waals surface area contributed by atoms with Crippen molar-refractivity contribution in [2.75, 3.05) is 5.01 Å². The third kappa shape index (κ3) is 2.99. The van der Waals surface area contributed by atoms with Crippen LogP contribution >= 0.6 is 0 Å². The lowest BCUT2D eigenvalue weighted by atomic mass is 9.77. The number of fused-ring (bicyclic) bond motifs is 1. The minimum absolute atomic E-state index is 0.240. The van der Waals surface area contributed by atoms with E-state index >= 15 is 0 Å². The lowest BCUT2D eigenvalue weighted by Gasteiger charge is -2.30. The topological polar surface area (TPSA) is 28.7 Å². The number of furan rings is 1. The molecule has 1 aromatic heterocycles. The predicted octanol–water partition coefficient (Wildman–Crippen LogP) is 6.08. The monoisotopic (exact) mass is 354 g/mol. The molecular weight excluding hydrogens is 332 g/mol. The molecule has 2 aliphatic rings. The molecule has 0 bridgehead atoms. The van der Waals surface area contributed by atoms with Crippen molar-refractivity contribution in [3.05, 3.63) is 96.0 Å². The number of hydrogen-bond donors (Lipinski definition) is 0. The number of hydrazone groups is 1. The molecule has 0 radical (unpaired) electrons. The summed E-state index contributed by atoms with van der Waals surface area (Å²) < 4.78 is 5.56. The van der Waals surface area contributed by atoms with Crippen molar-refractivity contribution in [1.29, 1.82) is 0 Å². The highest BCUT2D eigenvalue weighted by Gasteiger charge is 2.41. The molecule has 3 nitrogen and oxygen atoms in total. The van der Waals surface area contributed by atoms with Crippen LogP contribution in [0, 0.1) is 5.92 Å². The highest BCUT2D eigenvalue weighted by Crippen LogP contribution is 2.46. The fourth-order valence-corrected chi connectivity index (χ4v) is 4.32. The summed E-state index contributed by atoms with van der Waals surface area (Å²) >= 11 is 0. The zero-order valence-electron chi connectivity index (χ0n) is 15.2. The van der Waals surface area contributed by atoms with Crippen LogP contribution in [0.4, 0.5) is 5.69 Å². The summed E-state index contributed by atoms with van der Waals surface area (Å²) in [7, 11) is 0. The van der Waals surface area contributed by atoms with E-state index in [1.165, 1.54) is 23.3 Å². The number of hydrogen-bond acceptors (Lipinski definition) is 3. The van der Waals surface area contributed by atoms with Crippen molar-refractivity contribution in [2.24, 2.45) is 11.0 Å². The van der Waals surface area contributed by atoms with Crippen LogP contribution in [0.3, 0.4) is 0 Å². The summed E-state index contributed by atoms with van der Waals surface area (Å²) in [4.78, 5) is 0. The van der Waals surface area contributed by atoms with Crippen molar-refractivity contribution >= 4 is 17.5 Å². The molecule has 5 rings (SSSR count). The standard InChI is InChI=1S/C24H22N2O/c1-3-9-18(10-4-1)24-22-15-7-11-19(17-21-14-8-16-27-21)23(22)25-26(24)20-12-5-2-6-13-20/h1-6,8-10,12-14,16-17,22,24H,7,11,15H2/b19-17+/t22-,24+/m0/s1. The molecule has 2 atom stereocenters. The quantitative estimate of drug-likeness (QED) is 0.570. The van der Waals surface area contributed by atoms with Crippen LogP contribution in [0.1, 0.15) is 36.6 Å². The van der Waals surface area contributed by atoms with E-state index in [-0.39, 0.29) is 6.04 Å². The SMILES string of the molecule is C(=C1/CCC[C@H]2C1=NN(c1ccccc1)[C@@H]2c1ccccc1)/c1ccco1. The molecule has 0 N–H and O–H groups in total. The highest BCUT2D eigenvalue weighted by atomic mass is 16.3. The average molecular weight is 354 g/mol. The summed E-state index contributed by atoms with van der Waals surface area (Å²) in [5, 5.41) is 7.36. The van der Waals surface area contributed by atoms with Gasteiger partial charge in [0, 0.05) is 5.92 Å². The Bertz CT molecular complexity index is 958. The van der Waals surface area contributed by atoms with Crippen LogP contribution in [-0.2, 0) is 0 Å². The molecule has 2 aromatic carbocycles. The van der Waals surface area contributed by atoms with Gasteiger partial charge in [-0.25, -0.2) is 0 Å². The van der Waals surface area contributed by atoms with Gasteiger partial charge in [0.2, 0.25) is 0 Å². The van der Waals surface area contributed by atoms with E-state index in [2.05, 4.69) is 71.7 Å². The fraction of sp³-hybridized carbons (Fsp3) is 0.208. The fourth-order valence-electron chi connectivity index (χ4n) is 4.32. The molecule has 1 fully saturated rings. The van der Waals surface area contributed by atoms with Gasteiger partial charge in [0.05, 0.1) is 23.7 Å². The molecule has 3 heteroatoms. The maximum Gasteiger partial charge on any atom is 0.126 e. The molecule has 27 heavy (non-hydrogen) atoms. The van der Waals surface area contributed by atoms with Crippen molar-refractivity contribution in [2.45, 2.75) is 25.3 Å². The molecule has 0 saturated heterocycles. The third-order valence-corrected chi connectivity index (χ3v) is 5.52. The molecule has 134 valence electrons. The van der Waals surface area contributed by atoms with Crippen LogP contribution in [0.15, 0.2) is 94.2 Å². The van der Waals surface area contributed by atoms with Crippen molar-refractivity contribution in [3.8, 4) is 0 Å². The summed E-state index contributed by atoms with van der Waals surface area (Å²) in [6.07, 6.45) is 7.30. The number of rotatable bonds is 3. The van der Waals surface area contributed by atoms with Crippen LogP contribution < -0.4 is 5.01 Å². The van der Waals surface area contributed by atoms with Crippen LogP contribution in [0.2, 0.25) is 0 Å². The van der Waals surface area contributed by atoms with Crippen molar-refractivity contribution < 1.29 is 4.42 Å². The second kappa shape index (κ2) is 6.92. The number of nitrogens with zero attached hydrogens (tertiary/aromatic N) is 2. The Morgan fingerprint density at radius 3 is 2.44 bits per heavy atom.